The molecule has 0 unspecified atom stereocenters. The van der Waals surface area contributed by atoms with Gasteiger partial charge < -0.3 is 10.1 Å². The molecular formula is C15H18ClN3OS. The van der Waals surface area contributed by atoms with Crippen molar-refractivity contribution in [1.82, 2.24) is 9.97 Å². The van der Waals surface area contributed by atoms with E-state index < -0.39 is 0 Å². The van der Waals surface area contributed by atoms with Crippen LogP contribution >= 0.6 is 22.9 Å². The van der Waals surface area contributed by atoms with Gasteiger partial charge in [-0.05, 0) is 37.8 Å². The topological polar surface area (TPSA) is 47.0 Å². The third-order valence-electron chi connectivity index (χ3n) is 3.42. The summed E-state index contributed by atoms with van der Waals surface area (Å²) in [5, 5.41) is 3.77. The van der Waals surface area contributed by atoms with Gasteiger partial charge in [-0.15, -0.1) is 11.3 Å². The Bertz CT molecular complexity index is 608. The number of nitrogens with one attached hydrogen (secondary N) is 1. The molecule has 0 saturated carbocycles. The predicted octanol–water partition coefficient (Wildman–Crippen LogP) is 3.83. The molecule has 1 aliphatic carbocycles. The van der Waals surface area contributed by atoms with Crippen LogP contribution in [-0.4, -0.2) is 16.6 Å². The first kappa shape index (κ1) is 14.8. The van der Waals surface area contributed by atoms with Gasteiger partial charge >= 0.3 is 0 Å². The molecule has 0 amide bonds. The van der Waals surface area contributed by atoms with Crippen LogP contribution in [0.2, 0.25) is 5.15 Å². The highest BCUT2D eigenvalue weighted by atomic mass is 35.5. The first-order chi connectivity index (χ1) is 10.2. The van der Waals surface area contributed by atoms with E-state index in [1.54, 1.807) is 10.9 Å². The van der Waals surface area contributed by atoms with Gasteiger partial charge in [0.05, 0.1) is 6.54 Å². The van der Waals surface area contributed by atoms with Crippen LogP contribution in [0.15, 0.2) is 12.1 Å². The molecule has 1 aliphatic rings. The van der Waals surface area contributed by atoms with E-state index in [1.165, 1.54) is 29.7 Å². The van der Waals surface area contributed by atoms with Crippen LogP contribution in [0.5, 0.6) is 0 Å². The molecule has 2 aromatic rings. The van der Waals surface area contributed by atoms with Crippen molar-refractivity contribution in [2.45, 2.75) is 39.3 Å². The van der Waals surface area contributed by atoms with Crippen LogP contribution in [0, 0.1) is 0 Å². The lowest BCUT2D eigenvalue weighted by Gasteiger charge is -2.07. The highest BCUT2D eigenvalue weighted by molar-refractivity contribution is 7.12. The largest absolute Gasteiger partial charge is 0.374 e. The molecule has 0 fully saturated rings. The van der Waals surface area contributed by atoms with Gasteiger partial charge in [0, 0.05) is 22.4 Å². The number of nitrogens with zero attached hydrogens (tertiary/aromatic N) is 2. The maximum atomic E-state index is 6.03. The van der Waals surface area contributed by atoms with Crippen molar-refractivity contribution in [2.75, 3.05) is 11.9 Å². The van der Waals surface area contributed by atoms with Crippen LogP contribution in [-0.2, 0) is 30.7 Å². The standard InChI is InChI=1S/C15H18ClN3OS/c1-2-20-9-15-18-13(16)7-14(19-15)17-8-11-6-10-4-3-5-12(10)21-11/h6-7H,2-5,8-9H2,1H3,(H,17,18,19). The summed E-state index contributed by atoms with van der Waals surface area (Å²) in [7, 11) is 0. The molecule has 21 heavy (non-hydrogen) atoms. The van der Waals surface area contributed by atoms with Crippen molar-refractivity contribution >= 4 is 28.8 Å². The van der Waals surface area contributed by atoms with E-state index in [1.807, 2.05) is 18.3 Å². The number of rotatable bonds is 6. The molecule has 0 bridgehead atoms. The Morgan fingerprint density at radius 3 is 3.05 bits per heavy atom. The predicted molar refractivity (Wildman–Crippen MR) is 86.0 cm³/mol. The van der Waals surface area contributed by atoms with Gasteiger partial charge in [0.1, 0.15) is 17.6 Å². The molecule has 1 N–H and O–H groups in total. The van der Waals surface area contributed by atoms with Gasteiger partial charge in [0.2, 0.25) is 0 Å². The smallest absolute Gasteiger partial charge is 0.158 e. The van der Waals surface area contributed by atoms with Gasteiger partial charge in [-0.25, -0.2) is 9.97 Å². The normalized spacial score (nSPS) is 13.4. The highest BCUT2D eigenvalue weighted by Gasteiger charge is 2.14. The molecule has 0 spiro atoms. The second-order valence-electron chi connectivity index (χ2n) is 5.00. The van der Waals surface area contributed by atoms with E-state index >= 15 is 0 Å². The Morgan fingerprint density at radius 2 is 2.24 bits per heavy atom. The number of halogens is 1. The van der Waals surface area contributed by atoms with Crippen molar-refractivity contribution in [1.29, 1.82) is 0 Å². The van der Waals surface area contributed by atoms with Crippen molar-refractivity contribution < 1.29 is 4.74 Å². The Balaban J connectivity index is 1.65. The number of hydrogen-bond acceptors (Lipinski definition) is 5. The van der Waals surface area contributed by atoms with Gasteiger partial charge in [-0.3, -0.25) is 0 Å². The molecule has 3 rings (SSSR count). The molecule has 6 heteroatoms. The zero-order valence-electron chi connectivity index (χ0n) is 12.0. The molecule has 4 nitrogen and oxygen atoms in total. The summed E-state index contributed by atoms with van der Waals surface area (Å²) >= 11 is 7.93. The van der Waals surface area contributed by atoms with E-state index in [0.29, 0.717) is 24.2 Å². The number of fused-ring (bicyclic) bond motifs is 1. The van der Waals surface area contributed by atoms with E-state index in [-0.39, 0.29) is 0 Å². The average molecular weight is 324 g/mol. The zero-order valence-corrected chi connectivity index (χ0v) is 13.6. The van der Waals surface area contributed by atoms with E-state index in [2.05, 4.69) is 21.4 Å². The van der Waals surface area contributed by atoms with Crippen LogP contribution in [0.4, 0.5) is 5.82 Å². The minimum absolute atomic E-state index is 0.388. The Morgan fingerprint density at radius 1 is 1.33 bits per heavy atom. The van der Waals surface area contributed by atoms with E-state index in [9.17, 15) is 0 Å². The third kappa shape index (κ3) is 3.73. The van der Waals surface area contributed by atoms with Gasteiger partial charge in [-0.1, -0.05) is 11.6 Å². The lowest BCUT2D eigenvalue weighted by molar-refractivity contribution is 0.128. The summed E-state index contributed by atoms with van der Waals surface area (Å²) in [5.41, 5.74) is 1.52. The molecular weight excluding hydrogens is 306 g/mol. The van der Waals surface area contributed by atoms with Gasteiger partial charge in [0.25, 0.3) is 0 Å². The maximum Gasteiger partial charge on any atom is 0.158 e. The third-order valence-corrected chi connectivity index (χ3v) is 4.85. The van der Waals surface area contributed by atoms with E-state index in [4.69, 9.17) is 16.3 Å². The number of aryl methyl sites for hydroxylation is 2. The van der Waals surface area contributed by atoms with Crippen molar-refractivity contribution in [2.24, 2.45) is 0 Å². The second kappa shape index (κ2) is 6.73. The van der Waals surface area contributed by atoms with Crippen molar-refractivity contribution in [3.8, 4) is 0 Å². The molecule has 0 aromatic carbocycles. The lowest BCUT2D eigenvalue weighted by Crippen LogP contribution is -2.05. The zero-order chi connectivity index (χ0) is 14.7. The Hall–Kier alpha value is -1.17. The number of thiophene rings is 1. The fourth-order valence-corrected chi connectivity index (χ4v) is 3.87. The number of anilines is 1. The summed E-state index contributed by atoms with van der Waals surface area (Å²) < 4.78 is 5.32. The van der Waals surface area contributed by atoms with E-state index in [0.717, 1.165) is 12.4 Å². The van der Waals surface area contributed by atoms with Crippen LogP contribution in [0.25, 0.3) is 0 Å². The molecule has 0 atom stereocenters. The minimum Gasteiger partial charge on any atom is -0.374 e. The number of aromatic nitrogens is 2. The fourth-order valence-electron chi connectivity index (χ4n) is 2.47. The van der Waals surface area contributed by atoms with Crippen LogP contribution in [0.3, 0.4) is 0 Å². The lowest BCUT2D eigenvalue weighted by atomic mass is 10.2. The monoisotopic (exact) mass is 323 g/mol. The van der Waals surface area contributed by atoms with Crippen molar-refractivity contribution in [3.05, 3.63) is 38.4 Å². The summed E-state index contributed by atoms with van der Waals surface area (Å²) in [6.45, 7) is 3.75. The molecule has 2 aromatic heterocycles. The first-order valence-corrected chi connectivity index (χ1v) is 8.39. The minimum atomic E-state index is 0.388. The molecule has 0 aliphatic heterocycles. The SMILES string of the molecule is CCOCc1nc(Cl)cc(NCc2cc3c(s2)CCC3)n1. The average Bonchev–Trinajstić information content (AvgIpc) is 3.03. The molecule has 112 valence electrons. The summed E-state index contributed by atoms with van der Waals surface area (Å²) in [4.78, 5) is 11.5. The van der Waals surface area contributed by atoms with Crippen LogP contribution in [0.1, 0.15) is 34.5 Å². The molecule has 0 radical (unpaired) electrons. The number of hydrogen-bond donors (Lipinski definition) is 1. The Labute approximate surface area is 133 Å². The quantitative estimate of drug-likeness (QED) is 0.821. The second-order valence-corrected chi connectivity index (χ2v) is 6.61. The Kier molecular flexibility index (Phi) is 4.73. The fraction of sp³-hybridized carbons (Fsp3) is 0.467. The molecule has 2 heterocycles. The van der Waals surface area contributed by atoms with Crippen molar-refractivity contribution in [3.63, 3.8) is 0 Å². The summed E-state index contributed by atoms with van der Waals surface area (Å²) in [6.07, 6.45) is 3.76. The first-order valence-electron chi connectivity index (χ1n) is 7.20. The summed E-state index contributed by atoms with van der Waals surface area (Å²) in [5.74, 6) is 1.36. The highest BCUT2D eigenvalue weighted by Crippen LogP contribution is 2.30. The molecule has 0 saturated heterocycles. The van der Waals surface area contributed by atoms with Gasteiger partial charge in [0.15, 0.2) is 5.82 Å². The number of ether oxygens (including phenoxy) is 1. The maximum absolute atomic E-state index is 6.03. The van der Waals surface area contributed by atoms with Gasteiger partial charge in [-0.2, -0.15) is 0 Å². The summed E-state index contributed by atoms with van der Waals surface area (Å²) in [6, 6.07) is 4.06. The van der Waals surface area contributed by atoms with Crippen LogP contribution < -0.4 is 5.32 Å².